The number of nitrogens with two attached hydrogens (primary N) is 1. The van der Waals surface area contributed by atoms with E-state index >= 15 is 0 Å². The van der Waals surface area contributed by atoms with E-state index in [2.05, 4.69) is 15.2 Å². The van der Waals surface area contributed by atoms with Gasteiger partial charge in [0.2, 0.25) is 0 Å². The quantitative estimate of drug-likeness (QED) is 0.792. The van der Waals surface area contributed by atoms with E-state index in [4.69, 9.17) is 5.73 Å². The average molecular weight is 234 g/mol. The van der Waals surface area contributed by atoms with Gasteiger partial charge >= 0.3 is 0 Å². The molecule has 0 atom stereocenters. The van der Waals surface area contributed by atoms with E-state index in [9.17, 15) is 4.79 Å². The molecule has 92 valence electrons. The molecule has 5 nitrogen and oxygen atoms in total. The lowest BCUT2D eigenvalue weighted by Gasteiger charge is -2.47. The lowest BCUT2D eigenvalue weighted by molar-refractivity contribution is 0.0951. The van der Waals surface area contributed by atoms with Crippen LogP contribution in [-0.2, 0) is 0 Å². The highest BCUT2D eigenvalue weighted by Gasteiger charge is 2.35. The molecule has 1 amide bonds. The van der Waals surface area contributed by atoms with Crippen molar-refractivity contribution < 1.29 is 4.79 Å². The molecule has 1 saturated heterocycles. The number of carbonyl (C=O) groups excluding carboxylic acids is 1. The second-order valence-electron chi connectivity index (χ2n) is 4.77. The van der Waals surface area contributed by atoms with Gasteiger partial charge in [-0.2, -0.15) is 0 Å². The Labute approximate surface area is 101 Å². The highest BCUT2D eigenvalue weighted by atomic mass is 16.1. The van der Waals surface area contributed by atoms with E-state index in [1.807, 2.05) is 19.9 Å². The van der Waals surface area contributed by atoms with Crippen LogP contribution in [0, 0.1) is 0 Å². The summed E-state index contributed by atoms with van der Waals surface area (Å²) in [5, 5.41) is 2.74. The number of hydrogen-bond acceptors (Lipinski definition) is 4. The minimum atomic E-state index is -0.134. The van der Waals surface area contributed by atoms with Crippen molar-refractivity contribution in [2.45, 2.75) is 19.4 Å². The number of anilines is 1. The number of rotatable bonds is 3. The first-order chi connectivity index (χ1) is 8.02. The molecule has 1 aromatic rings. The van der Waals surface area contributed by atoms with Crippen LogP contribution in [0.5, 0.6) is 0 Å². The molecular weight excluding hydrogens is 216 g/mol. The monoisotopic (exact) mass is 234 g/mol. The van der Waals surface area contributed by atoms with Crippen LogP contribution < -0.4 is 16.0 Å². The molecule has 1 aliphatic rings. The molecule has 0 bridgehead atoms. The van der Waals surface area contributed by atoms with E-state index in [0.717, 1.165) is 18.8 Å². The number of amides is 1. The number of carbonyl (C=O) groups is 1. The van der Waals surface area contributed by atoms with Crippen molar-refractivity contribution in [2.75, 3.05) is 24.5 Å². The van der Waals surface area contributed by atoms with Crippen molar-refractivity contribution >= 4 is 11.6 Å². The van der Waals surface area contributed by atoms with Crippen LogP contribution in [0.2, 0.25) is 0 Å². The van der Waals surface area contributed by atoms with Crippen LogP contribution in [0.3, 0.4) is 0 Å². The summed E-state index contributed by atoms with van der Waals surface area (Å²) in [5.74, 6) is -0.134. The Bertz CT molecular complexity index is 422. The Kier molecular flexibility index (Phi) is 3.02. The van der Waals surface area contributed by atoms with E-state index in [1.165, 1.54) is 0 Å². The topological polar surface area (TPSA) is 71.2 Å². The Morgan fingerprint density at radius 3 is 2.94 bits per heavy atom. The highest BCUT2D eigenvalue weighted by molar-refractivity contribution is 5.93. The molecule has 0 radical (unpaired) electrons. The SMILES string of the molecule is CCNC(=O)c1cc(N2CC(C)(N)C2)ccn1. The summed E-state index contributed by atoms with van der Waals surface area (Å²) in [6.07, 6.45) is 1.66. The van der Waals surface area contributed by atoms with Gasteiger partial charge in [-0.1, -0.05) is 0 Å². The second-order valence-corrected chi connectivity index (χ2v) is 4.77. The lowest BCUT2D eigenvalue weighted by atomic mass is 9.93. The third-order valence-corrected chi connectivity index (χ3v) is 2.78. The molecule has 3 N–H and O–H groups in total. The van der Waals surface area contributed by atoms with E-state index in [1.54, 1.807) is 12.3 Å². The molecular formula is C12H18N4O. The first kappa shape index (κ1) is 11.9. The fraction of sp³-hybridized carbons (Fsp3) is 0.500. The summed E-state index contributed by atoms with van der Waals surface area (Å²) in [6.45, 7) is 6.14. The molecule has 2 rings (SSSR count). The van der Waals surface area contributed by atoms with Crippen molar-refractivity contribution in [3.8, 4) is 0 Å². The zero-order valence-corrected chi connectivity index (χ0v) is 10.2. The number of nitrogens with zero attached hydrogens (tertiary/aromatic N) is 2. The maximum Gasteiger partial charge on any atom is 0.269 e. The Hall–Kier alpha value is -1.62. The van der Waals surface area contributed by atoms with Crippen molar-refractivity contribution in [2.24, 2.45) is 5.73 Å². The summed E-state index contributed by atoms with van der Waals surface area (Å²) >= 11 is 0. The van der Waals surface area contributed by atoms with Crippen LogP contribution >= 0.6 is 0 Å². The van der Waals surface area contributed by atoms with Crippen molar-refractivity contribution in [1.29, 1.82) is 0 Å². The summed E-state index contributed by atoms with van der Waals surface area (Å²) < 4.78 is 0. The fourth-order valence-corrected chi connectivity index (χ4v) is 2.00. The molecule has 0 aromatic carbocycles. The molecule has 1 aromatic heterocycles. The predicted octanol–water partition coefficient (Wildman–Crippen LogP) is 0.369. The largest absolute Gasteiger partial charge is 0.368 e. The number of aromatic nitrogens is 1. The molecule has 1 aliphatic heterocycles. The molecule has 1 fully saturated rings. The molecule has 0 saturated carbocycles. The summed E-state index contributed by atoms with van der Waals surface area (Å²) in [7, 11) is 0. The van der Waals surface area contributed by atoms with Gasteiger partial charge in [0, 0.05) is 37.1 Å². The first-order valence-corrected chi connectivity index (χ1v) is 5.80. The Morgan fingerprint density at radius 2 is 2.35 bits per heavy atom. The second kappa shape index (κ2) is 4.33. The molecule has 5 heteroatoms. The van der Waals surface area contributed by atoms with Gasteiger partial charge in [-0.05, 0) is 26.0 Å². The minimum absolute atomic E-state index is 0.116. The van der Waals surface area contributed by atoms with E-state index in [0.29, 0.717) is 12.2 Å². The zero-order chi connectivity index (χ0) is 12.5. The maximum absolute atomic E-state index is 11.6. The highest BCUT2D eigenvalue weighted by Crippen LogP contribution is 2.25. The van der Waals surface area contributed by atoms with Gasteiger partial charge in [0.15, 0.2) is 0 Å². The number of pyridine rings is 1. The normalized spacial score (nSPS) is 17.5. The minimum Gasteiger partial charge on any atom is -0.368 e. The molecule has 0 spiro atoms. The third-order valence-electron chi connectivity index (χ3n) is 2.78. The van der Waals surface area contributed by atoms with Gasteiger partial charge in [0.25, 0.3) is 5.91 Å². The Morgan fingerprint density at radius 1 is 1.65 bits per heavy atom. The lowest BCUT2D eigenvalue weighted by Crippen LogP contribution is -2.65. The molecule has 0 aliphatic carbocycles. The van der Waals surface area contributed by atoms with Crippen LogP contribution in [0.1, 0.15) is 24.3 Å². The summed E-state index contributed by atoms with van der Waals surface area (Å²) in [5.41, 5.74) is 7.30. The van der Waals surface area contributed by atoms with Crippen LogP contribution in [0.25, 0.3) is 0 Å². The van der Waals surface area contributed by atoms with Gasteiger partial charge in [-0.15, -0.1) is 0 Å². The molecule has 17 heavy (non-hydrogen) atoms. The number of nitrogens with one attached hydrogen (secondary N) is 1. The van der Waals surface area contributed by atoms with Crippen LogP contribution in [-0.4, -0.2) is 36.1 Å². The molecule has 0 unspecified atom stereocenters. The number of hydrogen-bond donors (Lipinski definition) is 2. The summed E-state index contributed by atoms with van der Waals surface area (Å²) in [6, 6.07) is 3.71. The van der Waals surface area contributed by atoms with Crippen molar-refractivity contribution in [1.82, 2.24) is 10.3 Å². The maximum atomic E-state index is 11.6. The van der Waals surface area contributed by atoms with Crippen LogP contribution in [0.4, 0.5) is 5.69 Å². The van der Waals surface area contributed by atoms with E-state index < -0.39 is 0 Å². The van der Waals surface area contributed by atoms with Gasteiger partial charge < -0.3 is 16.0 Å². The fourth-order valence-electron chi connectivity index (χ4n) is 2.00. The van der Waals surface area contributed by atoms with Gasteiger partial charge in [-0.3, -0.25) is 9.78 Å². The van der Waals surface area contributed by atoms with Crippen molar-refractivity contribution in [3.63, 3.8) is 0 Å². The Balaban J connectivity index is 2.10. The van der Waals surface area contributed by atoms with Crippen LogP contribution in [0.15, 0.2) is 18.3 Å². The van der Waals surface area contributed by atoms with E-state index in [-0.39, 0.29) is 11.4 Å². The molecule has 2 heterocycles. The van der Waals surface area contributed by atoms with Gasteiger partial charge in [0.05, 0.1) is 0 Å². The smallest absolute Gasteiger partial charge is 0.269 e. The third kappa shape index (κ3) is 2.55. The summed E-state index contributed by atoms with van der Waals surface area (Å²) in [4.78, 5) is 17.8. The first-order valence-electron chi connectivity index (χ1n) is 5.80. The zero-order valence-electron chi connectivity index (χ0n) is 10.2. The van der Waals surface area contributed by atoms with Gasteiger partial charge in [0.1, 0.15) is 5.69 Å². The average Bonchev–Trinajstić information content (AvgIpc) is 2.26. The standard InChI is InChI=1S/C12H18N4O/c1-3-14-11(17)10-6-9(4-5-15-10)16-7-12(2,13)8-16/h4-6H,3,7-8,13H2,1-2H3,(H,14,17). The van der Waals surface area contributed by atoms with Crippen molar-refractivity contribution in [3.05, 3.63) is 24.0 Å². The predicted molar refractivity (Wildman–Crippen MR) is 67.0 cm³/mol. The van der Waals surface area contributed by atoms with Gasteiger partial charge in [-0.25, -0.2) is 0 Å².